The first-order valence-electron chi connectivity index (χ1n) is 8.86. The number of esters is 1. The first kappa shape index (κ1) is 21.0. The van der Waals surface area contributed by atoms with Gasteiger partial charge in [-0.3, -0.25) is 0 Å². The first-order valence-corrected chi connectivity index (χ1v) is 8.86. The third-order valence-corrected chi connectivity index (χ3v) is 4.44. The van der Waals surface area contributed by atoms with E-state index in [0.717, 1.165) is 0 Å². The fraction of sp³-hybridized carbons (Fsp3) is 0.450. The molecule has 0 aromatic heterocycles. The van der Waals surface area contributed by atoms with Gasteiger partial charge in [-0.2, -0.15) is 0 Å². The maximum atomic E-state index is 12.6. The van der Waals surface area contributed by atoms with E-state index in [0.29, 0.717) is 24.2 Å². The van der Waals surface area contributed by atoms with Crippen molar-refractivity contribution in [2.75, 3.05) is 7.11 Å². The number of phenols is 1. The lowest BCUT2D eigenvalue weighted by Gasteiger charge is -2.21. The van der Waals surface area contributed by atoms with Crippen LogP contribution in [-0.4, -0.2) is 57.9 Å². The van der Waals surface area contributed by atoms with Gasteiger partial charge in [0.1, 0.15) is 35.4 Å². The smallest absolute Gasteiger partial charge is 0.342 e. The molecule has 7 nitrogen and oxygen atoms in total. The van der Waals surface area contributed by atoms with Crippen LogP contribution in [0.25, 0.3) is 6.08 Å². The van der Waals surface area contributed by atoms with Crippen LogP contribution in [0.3, 0.4) is 0 Å². The van der Waals surface area contributed by atoms with Gasteiger partial charge in [-0.15, -0.1) is 0 Å². The van der Waals surface area contributed by atoms with E-state index in [1.54, 1.807) is 18.2 Å². The van der Waals surface area contributed by atoms with Gasteiger partial charge in [-0.25, -0.2) is 4.79 Å². The average Bonchev–Trinajstić information content (AvgIpc) is 2.64. The number of benzene rings is 1. The standard InChI is InChI=1S/C20H26O7/c1-3-13-7-5-9-16(22)19(24)15(21)8-4-6-12-10-14(26-2)11-17(23)18(12)20(25)27-13/h4-6,9-11,13,15-16,19,21-24H,3,7-8H2,1-2H3/b6-4+,9-5-/t13?,15-,16?,19-/m1/s1. The zero-order valence-electron chi connectivity index (χ0n) is 15.4. The number of carbonyl (C=O) groups excluding carboxylic acids is 1. The van der Waals surface area contributed by atoms with Gasteiger partial charge >= 0.3 is 5.97 Å². The molecule has 27 heavy (non-hydrogen) atoms. The minimum Gasteiger partial charge on any atom is -0.507 e. The summed E-state index contributed by atoms with van der Waals surface area (Å²) >= 11 is 0. The fourth-order valence-corrected chi connectivity index (χ4v) is 2.79. The molecule has 0 spiro atoms. The molecular formula is C20H26O7. The molecule has 1 aromatic carbocycles. The molecule has 0 radical (unpaired) electrons. The van der Waals surface area contributed by atoms with Crippen LogP contribution in [-0.2, 0) is 4.74 Å². The number of phenolic OH excluding ortho intramolecular Hbond substituents is 1. The number of aliphatic hydroxyl groups excluding tert-OH is 3. The second-order valence-corrected chi connectivity index (χ2v) is 6.40. The number of aromatic hydroxyl groups is 1. The Morgan fingerprint density at radius 1 is 1.19 bits per heavy atom. The highest BCUT2D eigenvalue weighted by atomic mass is 16.5. The monoisotopic (exact) mass is 378 g/mol. The number of carbonyl (C=O) groups is 1. The maximum Gasteiger partial charge on any atom is 0.342 e. The van der Waals surface area contributed by atoms with Crippen LogP contribution in [0.4, 0.5) is 0 Å². The Balaban J connectivity index is 2.46. The van der Waals surface area contributed by atoms with Crippen molar-refractivity contribution in [2.24, 2.45) is 0 Å². The normalized spacial score (nSPS) is 29.1. The van der Waals surface area contributed by atoms with Gasteiger partial charge in [0.05, 0.1) is 13.2 Å². The Morgan fingerprint density at radius 2 is 1.93 bits per heavy atom. The molecule has 0 saturated carbocycles. The average molecular weight is 378 g/mol. The molecule has 1 aliphatic rings. The van der Waals surface area contributed by atoms with Crippen LogP contribution in [0.5, 0.6) is 11.5 Å². The van der Waals surface area contributed by atoms with Crippen molar-refractivity contribution in [2.45, 2.75) is 50.6 Å². The van der Waals surface area contributed by atoms with Crippen molar-refractivity contribution < 1.29 is 34.7 Å². The van der Waals surface area contributed by atoms with E-state index in [4.69, 9.17) is 9.47 Å². The highest BCUT2D eigenvalue weighted by Crippen LogP contribution is 2.30. The molecule has 7 heteroatoms. The summed E-state index contributed by atoms with van der Waals surface area (Å²) in [5.74, 6) is -0.587. The maximum absolute atomic E-state index is 12.6. The topological polar surface area (TPSA) is 116 Å². The molecule has 1 aromatic rings. The molecular weight excluding hydrogens is 352 g/mol. The van der Waals surface area contributed by atoms with Crippen molar-refractivity contribution in [3.8, 4) is 11.5 Å². The Bertz CT molecular complexity index is 711. The predicted octanol–water partition coefficient (Wildman–Crippen LogP) is 1.78. The number of aliphatic hydroxyl groups is 3. The molecule has 0 fully saturated rings. The summed E-state index contributed by atoms with van der Waals surface area (Å²) in [5.41, 5.74) is 0.364. The van der Waals surface area contributed by atoms with Crippen LogP contribution >= 0.6 is 0 Å². The zero-order valence-corrected chi connectivity index (χ0v) is 15.4. The van der Waals surface area contributed by atoms with Crippen molar-refractivity contribution in [1.82, 2.24) is 0 Å². The van der Waals surface area contributed by atoms with E-state index in [1.165, 1.54) is 25.3 Å². The summed E-state index contributed by atoms with van der Waals surface area (Å²) in [6, 6.07) is 2.89. The highest BCUT2D eigenvalue weighted by molar-refractivity contribution is 5.97. The van der Waals surface area contributed by atoms with E-state index in [2.05, 4.69) is 0 Å². The summed E-state index contributed by atoms with van der Waals surface area (Å²) < 4.78 is 10.6. The summed E-state index contributed by atoms with van der Waals surface area (Å²) in [7, 11) is 1.44. The molecule has 4 N–H and O–H groups in total. The molecule has 1 heterocycles. The minimum absolute atomic E-state index is 0.00149. The Morgan fingerprint density at radius 3 is 2.59 bits per heavy atom. The van der Waals surface area contributed by atoms with Gasteiger partial charge in [-0.1, -0.05) is 31.2 Å². The van der Waals surface area contributed by atoms with Gasteiger partial charge in [0.25, 0.3) is 0 Å². The molecule has 2 rings (SSSR count). The van der Waals surface area contributed by atoms with Crippen LogP contribution in [0, 0.1) is 0 Å². The van der Waals surface area contributed by atoms with Crippen LogP contribution in [0.1, 0.15) is 42.1 Å². The van der Waals surface area contributed by atoms with Gasteiger partial charge in [0.2, 0.25) is 0 Å². The van der Waals surface area contributed by atoms with Gasteiger partial charge in [0, 0.05) is 12.5 Å². The van der Waals surface area contributed by atoms with E-state index >= 15 is 0 Å². The number of fused-ring (bicyclic) bond motifs is 1. The molecule has 0 saturated heterocycles. The van der Waals surface area contributed by atoms with E-state index in [9.17, 15) is 25.2 Å². The first-order chi connectivity index (χ1) is 12.9. The summed E-state index contributed by atoms with van der Waals surface area (Å²) in [5, 5.41) is 40.3. The molecule has 0 aliphatic carbocycles. The molecule has 148 valence electrons. The molecule has 0 amide bonds. The van der Waals surface area contributed by atoms with Crippen molar-refractivity contribution in [1.29, 1.82) is 0 Å². The van der Waals surface area contributed by atoms with Gasteiger partial charge in [-0.05, 0) is 24.5 Å². The third kappa shape index (κ3) is 5.32. The second kappa shape index (κ2) is 9.55. The molecule has 2 unspecified atom stereocenters. The molecule has 0 bridgehead atoms. The van der Waals surface area contributed by atoms with Crippen molar-refractivity contribution in [3.63, 3.8) is 0 Å². The summed E-state index contributed by atoms with van der Waals surface area (Å²) in [6.07, 6.45) is 2.68. The minimum atomic E-state index is -1.35. The number of ether oxygens (including phenoxy) is 2. The van der Waals surface area contributed by atoms with E-state index in [-0.39, 0.29) is 17.7 Å². The fourth-order valence-electron chi connectivity index (χ4n) is 2.79. The van der Waals surface area contributed by atoms with Crippen LogP contribution in [0.15, 0.2) is 30.4 Å². The highest BCUT2D eigenvalue weighted by Gasteiger charge is 2.24. The Kier molecular flexibility index (Phi) is 7.41. The molecule has 4 atom stereocenters. The van der Waals surface area contributed by atoms with Crippen LogP contribution in [0.2, 0.25) is 0 Å². The lowest BCUT2D eigenvalue weighted by atomic mass is 10.0. The van der Waals surface area contributed by atoms with Crippen molar-refractivity contribution in [3.05, 3.63) is 41.5 Å². The Hall–Kier alpha value is -2.35. The van der Waals surface area contributed by atoms with Crippen LogP contribution < -0.4 is 4.74 Å². The quantitative estimate of drug-likeness (QED) is 0.458. The van der Waals surface area contributed by atoms with E-state index in [1.807, 2.05) is 6.92 Å². The number of cyclic esters (lactones) is 1. The largest absolute Gasteiger partial charge is 0.507 e. The Labute approximate surface area is 158 Å². The number of hydrogen-bond acceptors (Lipinski definition) is 7. The zero-order chi connectivity index (χ0) is 20.0. The number of rotatable bonds is 2. The number of hydrogen-bond donors (Lipinski definition) is 4. The molecule has 1 aliphatic heterocycles. The summed E-state index contributed by atoms with van der Waals surface area (Å²) in [4.78, 5) is 12.6. The van der Waals surface area contributed by atoms with E-state index < -0.39 is 30.4 Å². The van der Waals surface area contributed by atoms with Gasteiger partial charge < -0.3 is 29.9 Å². The van der Waals surface area contributed by atoms with Crippen molar-refractivity contribution >= 4 is 12.0 Å². The van der Waals surface area contributed by atoms with Gasteiger partial charge in [0.15, 0.2) is 0 Å². The lowest BCUT2D eigenvalue weighted by Crippen LogP contribution is -2.35. The SMILES string of the molecule is CCC1C/C=C\C(O)[C@H](O)[C@H](O)C/C=C/c2cc(OC)cc(O)c2C(=O)O1. The summed E-state index contributed by atoms with van der Waals surface area (Å²) in [6.45, 7) is 1.85. The third-order valence-electron chi connectivity index (χ3n) is 4.44. The number of methoxy groups -OCH3 is 1. The lowest BCUT2D eigenvalue weighted by molar-refractivity contribution is -0.0394. The predicted molar refractivity (Wildman–Crippen MR) is 99.6 cm³/mol. The second-order valence-electron chi connectivity index (χ2n) is 6.40.